The summed E-state index contributed by atoms with van der Waals surface area (Å²) < 4.78 is 12.1. The Hall–Kier alpha value is -3.36. The van der Waals surface area contributed by atoms with Gasteiger partial charge < -0.3 is 20.3 Å². The van der Waals surface area contributed by atoms with E-state index in [4.69, 9.17) is 15.2 Å². The molecule has 0 radical (unpaired) electrons. The quantitative estimate of drug-likeness (QED) is 0.415. The van der Waals surface area contributed by atoms with Crippen LogP contribution in [0, 0.1) is 0 Å². The fourth-order valence-electron chi connectivity index (χ4n) is 2.83. The minimum atomic E-state index is -0.263. The number of ether oxygens (including phenoxy) is 2. The van der Waals surface area contributed by atoms with Gasteiger partial charge in [-0.3, -0.25) is 9.36 Å². The number of benzene rings is 1. The number of carbonyl (C=O) groups excluding carboxylic acids is 1. The van der Waals surface area contributed by atoms with Gasteiger partial charge in [-0.25, -0.2) is 0 Å². The fraction of sp³-hybridized carbons (Fsp3) is 0.400. The van der Waals surface area contributed by atoms with E-state index in [9.17, 15) is 9.90 Å². The Labute approximate surface area is 168 Å². The lowest BCUT2D eigenvalue weighted by atomic mass is 10.1. The van der Waals surface area contributed by atoms with Crippen molar-refractivity contribution in [2.75, 3.05) is 18.9 Å². The number of hydrogen-bond donors (Lipinski definition) is 2. The molecule has 0 aliphatic carbocycles. The highest BCUT2D eigenvalue weighted by Crippen LogP contribution is 2.25. The lowest BCUT2D eigenvalue weighted by Gasteiger charge is -2.08. The molecule has 3 N–H and O–H groups in total. The van der Waals surface area contributed by atoms with Crippen molar-refractivity contribution >= 4 is 23.0 Å². The zero-order valence-corrected chi connectivity index (χ0v) is 16.6. The van der Waals surface area contributed by atoms with E-state index in [1.54, 1.807) is 11.5 Å². The molecule has 0 saturated heterocycles. The summed E-state index contributed by atoms with van der Waals surface area (Å²) in [5.74, 6) is -0.110. The van der Waals surface area contributed by atoms with Crippen molar-refractivity contribution in [1.82, 2.24) is 19.5 Å². The fourth-order valence-corrected chi connectivity index (χ4v) is 2.83. The van der Waals surface area contributed by atoms with E-state index in [1.807, 2.05) is 24.3 Å². The third-order valence-corrected chi connectivity index (χ3v) is 4.33. The van der Waals surface area contributed by atoms with E-state index < -0.39 is 0 Å². The van der Waals surface area contributed by atoms with Crippen molar-refractivity contribution in [3.63, 3.8) is 0 Å². The zero-order valence-electron chi connectivity index (χ0n) is 16.6. The second-order valence-corrected chi connectivity index (χ2v) is 6.56. The number of aromatic nitrogens is 4. The maximum absolute atomic E-state index is 11.6. The van der Waals surface area contributed by atoms with E-state index in [1.165, 1.54) is 0 Å². The SMILES string of the molecule is CCCCOc1nc(N)c2nc(O)n(Cc3ccc(CC(=O)OCC)cc3)c2n1. The maximum Gasteiger partial charge on any atom is 0.320 e. The lowest BCUT2D eigenvalue weighted by molar-refractivity contribution is -0.142. The van der Waals surface area contributed by atoms with Crippen LogP contribution in [0.3, 0.4) is 0 Å². The minimum Gasteiger partial charge on any atom is -0.480 e. The number of aromatic hydroxyl groups is 1. The summed E-state index contributed by atoms with van der Waals surface area (Å²) in [6.07, 6.45) is 2.09. The number of esters is 1. The van der Waals surface area contributed by atoms with Crippen molar-refractivity contribution < 1.29 is 19.4 Å². The van der Waals surface area contributed by atoms with Gasteiger partial charge in [0.05, 0.1) is 26.2 Å². The molecule has 0 unspecified atom stereocenters. The Morgan fingerprint density at radius 1 is 1.14 bits per heavy atom. The molecule has 0 amide bonds. The van der Waals surface area contributed by atoms with Gasteiger partial charge in [0.1, 0.15) is 0 Å². The minimum absolute atomic E-state index is 0.153. The average Bonchev–Trinajstić information content (AvgIpc) is 3.00. The van der Waals surface area contributed by atoms with Gasteiger partial charge in [-0.2, -0.15) is 15.0 Å². The summed E-state index contributed by atoms with van der Waals surface area (Å²) >= 11 is 0. The van der Waals surface area contributed by atoms with Crippen molar-refractivity contribution in [1.29, 1.82) is 0 Å². The van der Waals surface area contributed by atoms with Gasteiger partial charge in [0, 0.05) is 0 Å². The number of nitrogens with two attached hydrogens (primary N) is 1. The second-order valence-electron chi connectivity index (χ2n) is 6.56. The topological polar surface area (TPSA) is 125 Å². The number of fused-ring (bicyclic) bond motifs is 1. The van der Waals surface area contributed by atoms with Crippen molar-refractivity contribution in [3.8, 4) is 12.0 Å². The van der Waals surface area contributed by atoms with E-state index in [-0.39, 0.29) is 30.2 Å². The van der Waals surface area contributed by atoms with Crippen LogP contribution in [0.4, 0.5) is 5.82 Å². The first-order valence-corrected chi connectivity index (χ1v) is 9.60. The molecule has 3 aromatic rings. The van der Waals surface area contributed by atoms with Crippen molar-refractivity contribution in [3.05, 3.63) is 35.4 Å². The Kier molecular flexibility index (Phi) is 6.48. The first-order valence-electron chi connectivity index (χ1n) is 9.60. The van der Waals surface area contributed by atoms with Gasteiger partial charge in [-0.15, -0.1) is 0 Å². The number of unbranched alkanes of at least 4 members (excludes halogenated alkanes) is 1. The smallest absolute Gasteiger partial charge is 0.320 e. The Bertz CT molecular complexity index is 985. The molecule has 29 heavy (non-hydrogen) atoms. The maximum atomic E-state index is 11.6. The summed E-state index contributed by atoms with van der Waals surface area (Å²) in [5, 5.41) is 10.3. The summed E-state index contributed by atoms with van der Waals surface area (Å²) in [6, 6.07) is 7.42. The zero-order chi connectivity index (χ0) is 20.8. The Morgan fingerprint density at radius 3 is 2.55 bits per heavy atom. The molecule has 0 bridgehead atoms. The largest absolute Gasteiger partial charge is 0.480 e. The van der Waals surface area contributed by atoms with Gasteiger partial charge in [-0.05, 0) is 24.5 Å². The van der Waals surface area contributed by atoms with Crippen molar-refractivity contribution in [2.24, 2.45) is 0 Å². The third kappa shape index (κ3) is 4.92. The van der Waals surface area contributed by atoms with Crippen molar-refractivity contribution in [2.45, 2.75) is 39.7 Å². The van der Waals surface area contributed by atoms with Gasteiger partial charge in [0.2, 0.25) is 0 Å². The van der Waals surface area contributed by atoms with E-state index in [2.05, 4.69) is 21.9 Å². The molecule has 9 heteroatoms. The molecule has 0 saturated carbocycles. The first kappa shape index (κ1) is 20.4. The van der Waals surface area contributed by atoms with Gasteiger partial charge in [0.25, 0.3) is 6.01 Å². The van der Waals surface area contributed by atoms with Gasteiger partial charge in [-0.1, -0.05) is 37.6 Å². The Balaban J connectivity index is 1.81. The molecular formula is C20H25N5O4. The molecule has 1 aromatic carbocycles. The highest BCUT2D eigenvalue weighted by atomic mass is 16.5. The number of hydrogen-bond acceptors (Lipinski definition) is 8. The van der Waals surface area contributed by atoms with Crippen LogP contribution in [0.25, 0.3) is 11.2 Å². The van der Waals surface area contributed by atoms with Crippen LogP contribution in [-0.2, 0) is 22.5 Å². The monoisotopic (exact) mass is 399 g/mol. The molecule has 2 aromatic heterocycles. The molecule has 0 aliphatic heterocycles. The summed E-state index contributed by atoms with van der Waals surface area (Å²) in [7, 11) is 0. The highest BCUT2D eigenvalue weighted by Gasteiger charge is 2.17. The number of rotatable bonds is 9. The number of imidazole rings is 1. The molecule has 0 atom stereocenters. The molecular weight excluding hydrogens is 374 g/mol. The summed E-state index contributed by atoms with van der Waals surface area (Å²) in [6.45, 7) is 5.02. The van der Waals surface area contributed by atoms with E-state index in [0.717, 1.165) is 24.0 Å². The number of anilines is 1. The molecule has 0 aliphatic rings. The van der Waals surface area contributed by atoms with Gasteiger partial charge in [0.15, 0.2) is 17.0 Å². The first-order chi connectivity index (χ1) is 14.0. The average molecular weight is 399 g/mol. The van der Waals surface area contributed by atoms with Crippen LogP contribution in [-0.4, -0.2) is 43.8 Å². The molecule has 2 heterocycles. The van der Waals surface area contributed by atoms with Crippen LogP contribution in [0.5, 0.6) is 12.0 Å². The molecule has 0 fully saturated rings. The van der Waals surface area contributed by atoms with Gasteiger partial charge >= 0.3 is 12.0 Å². The number of nitrogen functional groups attached to an aromatic ring is 1. The predicted octanol–water partition coefficient (Wildman–Crippen LogP) is 2.45. The van der Waals surface area contributed by atoms with Crippen LogP contribution in [0.1, 0.15) is 37.8 Å². The van der Waals surface area contributed by atoms with E-state index in [0.29, 0.717) is 30.9 Å². The lowest BCUT2D eigenvalue weighted by Crippen LogP contribution is -2.08. The Morgan fingerprint density at radius 2 is 1.86 bits per heavy atom. The molecule has 154 valence electrons. The van der Waals surface area contributed by atoms with Crippen LogP contribution in [0.2, 0.25) is 0 Å². The third-order valence-electron chi connectivity index (χ3n) is 4.33. The summed E-state index contributed by atoms with van der Waals surface area (Å²) in [5.41, 5.74) is 8.44. The number of nitrogens with zero attached hydrogens (tertiary/aromatic N) is 4. The molecule has 0 spiro atoms. The van der Waals surface area contributed by atoms with Crippen LogP contribution in [0.15, 0.2) is 24.3 Å². The summed E-state index contributed by atoms with van der Waals surface area (Å²) in [4.78, 5) is 24.1. The second kappa shape index (κ2) is 9.22. The van der Waals surface area contributed by atoms with Crippen LogP contribution < -0.4 is 10.5 Å². The van der Waals surface area contributed by atoms with Crippen LogP contribution >= 0.6 is 0 Å². The highest BCUT2D eigenvalue weighted by molar-refractivity contribution is 5.83. The molecule has 3 rings (SSSR count). The predicted molar refractivity (Wildman–Crippen MR) is 108 cm³/mol. The van der Waals surface area contributed by atoms with E-state index >= 15 is 0 Å². The standard InChI is InChI=1S/C20H25N5O4/c1-3-5-10-29-19-23-17(21)16-18(24-19)25(20(27)22-16)12-14-8-6-13(7-9-14)11-15(26)28-4-2/h6-9H,3-5,10-12H2,1-2H3,(H,22,27)(H2,21,23,24). The number of carbonyl (C=O) groups is 1. The normalized spacial score (nSPS) is 11.0. The molecule has 9 nitrogen and oxygen atoms in total.